The van der Waals surface area contributed by atoms with E-state index in [4.69, 9.17) is 0 Å². The van der Waals surface area contributed by atoms with Gasteiger partial charge in [-0.15, -0.1) is 0 Å². The molecule has 0 radical (unpaired) electrons. The molecule has 0 saturated carbocycles. The van der Waals surface area contributed by atoms with E-state index < -0.39 is 0 Å². The average molecular weight is 287 g/mol. The average Bonchev–Trinajstić information content (AvgIpc) is 2.39. The summed E-state index contributed by atoms with van der Waals surface area (Å²) in [4.78, 5) is 10.2. The summed E-state index contributed by atoms with van der Waals surface area (Å²) in [5.41, 5.74) is 3.57. The van der Waals surface area contributed by atoms with E-state index in [1.54, 1.807) is 11.8 Å². The number of aromatic nitrogens is 2. The van der Waals surface area contributed by atoms with Crippen LogP contribution in [0, 0.1) is 20.8 Å². The molecule has 2 rings (SSSR count). The van der Waals surface area contributed by atoms with Gasteiger partial charge in [0, 0.05) is 17.1 Å². The number of anilines is 1. The Labute approximate surface area is 125 Å². The molecule has 4 heteroatoms. The first-order valence-electron chi connectivity index (χ1n) is 6.93. The third-order valence-corrected chi connectivity index (χ3v) is 4.01. The highest BCUT2D eigenvalue weighted by molar-refractivity contribution is 7.99. The summed E-state index contributed by atoms with van der Waals surface area (Å²) >= 11 is 1.69. The van der Waals surface area contributed by atoms with Crippen LogP contribution in [0.25, 0.3) is 0 Å². The van der Waals surface area contributed by atoms with Gasteiger partial charge in [0.05, 0.1) is 0 Å². The molecule has 0 spiro atoms. The second kappa shape index (κ2) is 6.75. The van der Waals surface area contributed by atoms with E-state index in [0.717, 1.165) is 29.6 Å². The van der Waals surface area contributed by atoms with Gasteiger partial charge >= 0.3 is 0 Å². The van der Waals surface area contributed by atoms with Gasteiger partial charge in [-0.3, -0.25) is 0 Å². The van der Waals surface area contributed by atoms with Gasteiger partial charge in [0.15, 0.2) is 0 Å². The summed E-state index contributed by atoms with van der Waals surface area (Å²) in [6.07, 6.45) is 1.07. The Hall–Kier alpha value is -1.55. The molecular weight excluding hydrogens is 266 g/mol. The highest BCUT2D eigenvalue weighted by Crippen LogP contribution is 2.30. The molecule has 1 aromatic carbocycles. The minimum Gasteiger partial charge on any atom is -0.354 e. The van der Waals surface area contributed by atoms with Crippen LogP contribution < -0.4 is 5.32 Å². The van der Waals surface area contributed by atoms with Crippen LogP contribution in [0.15, 0.2) is 34.2 Å². The molecule has 0 saturated heterocycles. The van der Waals surface area contributed by atoms with Gasteiger partial charge in [0.2, 0.25) is 5.95 Å². The highest BCUT2D eigenvalue weighted by atomic mass is 32.2. The summed E-state index contributed by atoms with van der Waals surface area (Å²) in [6.45, 7) is 9.29. The van der Waals surface area contributed by atoms with Gasteiger partial charge in [0.25, 0.3) is 0 Å². The fourth-order valence-electron chi connectivity index (χ4n) is 1.93. The van der Waals surface area contributed by atoms with E-state index in [2.05, 4.69) is 54.3 Å². The van der Waals surface area contributed by atoms with Crippen molar-refractivity contribution in [3.8, 4) is 0 Å². The van der Waals surface area contributed by atoms with Crippen LogP contribution in [0.3, 0.4) is 0 Å². The number of nitrogens with one attached hydrogen (secondary N) is 1. The van der Waals surface area contributed by atoms with Crippen LogP contribution in [-0.4, -0.2) is 16.5 Å². The summed E-state index contributed by atoms with van der Waals surface area (Å²) in [5.74, 6) is 0.721. The fourth-order valence-corrected chi connectivity index (χ4v) is 2.88. The number of rotatable bonds is 5. The Bertz CT molecular complexity index is 596. The van der Waals surface area contributed by atoms with Crippen LogP contribution in [-0.2, 0) is 0 Å². The van der Waals surface area contributed by atoms with Crippen molar-refractivity contribution < 1.29 is 0 Å². The van der Waals surface area contributed by atoms with Crippen molar-refractivity contribution in [2.75, 3.05) is 11.9 Å². The maximum atomic E-state index is 4.57. The third-order valence-electron chi connectivity index (χ3n) is 2.91. The van der Waals surface area contributed by atoms with Gasteiger partial charge in [-0.2, -0.15) is 0 Å². The zero-order valence-electron chi connectivity index (χ0n) is 12.5. The maximum absolute atomic E-state index is 4.57. The van der Waals surface area contributed by atoms with Crippen molar-refractivity contribution >= 4 is 17.7 Å². The van der Waals surface area contributed by atoms with Crippen LogP contribution in [0.2, 0.25) is 0 Å². The van der Waals surface area contributed by atoms with Crippen LogP contribution >= 0.6 is 11.8 Å². The summed E-state index contributed by atoms with van der Waals surface area (Å²) in [5, 5.41) is 4.24. The molecule has 0 unspecified atom stereocenters. The number of hydrogen-bond donors (Lipinski definition) is 1. The van der Waals surface area contributed by atoms with E-state index in [1.165, 1.54) is 16.0 Å². The lowest BCUT2D eigenvalue weighted by atomic mass is 10.2. The molecule has 3 nitrogen and oxygen atoms in total. The number of aryl methyl sites for hydroxylation is 3. The van der Waals surface area contributed by atoms with Crippen molar-refractivity contribution in [2.24, 2.45) is 0 Å². The van der Waals surface area contributed by atoms with E-state index in [-0.39, 0.29) is 0 Å². The SMILES string of the molecule is CCCNc1nc(C)cc(Sc2ccc(C)cc2C)n1. The number of nitrogens with zero attached hydrogens (tertiary/aromatic N) is 2. The highest BCUT2D eigenvalue weighted by Gasteiger charge is 2.06. The third kappa shape index (κ3) is 3.97. The first kappa shape index (κ1) is 14.9. The minimum atomic E-state index is 0.721. The fraction of sp³-hybridized carbons (Fsp3) is 0.375. The number of benzene rings is 1. The Balaban J connectivity index is 2.21. The molecule has 106 valence electrons. The Morgan fingerprint density at radius 1 is 1.10 bits per heavy atom. The molecule has 0 atom stereocenters. The normalized spacial score (nSPS) is 10.6. The molecular formula is C16H21N3S. The van der Waals surface area contributed by atoms with Gasteiger partial charge < -0.3 is 5.32 Å². The summed E-state index contributed by atoms with van der Waals surface area (Å²) in [7, 11) is 0. The van der Waals surface area contributed by atoms with Crippen molar-refractivity contribution in [1.29, 1.82) is 0 Å². The monoisotopic (exact) mass is 287 g/mol. The topological polar surface area (TPSA) is 37.8 Å². The van der Waals surface area contributed by atoms with E-state index in [1.807, 2.05) is 13.0 Å². The second-order valence-corrected chi connectivity index (χ2v) is 6.03. The Kier molecular flexibility index (Phi) is 5.01. The second-order valence-electron chi connectivity index (χ2n) is 4.97. The smallest absolute Gasteiger partial charge is 0.223 e. The molecule has 0 aliphatic heterocycles. The molecule has 2 aromatic rings. The molecule has 0 aliphatic carbocycles. The first-order chi connectivity index (χ1) is 9.58. The van der Waals surface area contributed by atoms with Gasteiger partial charge in [-0.05, 0) is 44.9 Å². The Morgan fingerprint density at radius 2 is 1.90 bits per heavy atom. The van der Waals surface area contributed by atoms with Crippen LogP contribution in [0.4, 0.5) is 5.95 Å². The molecule has 0 aliphatic rings. The predicted octanol–water partition coefficient (Wildman–Crippen LogP) is 4.37. The predicted molar refractivity (Wildman–Crippen MR) is 85.6 cm³/mol. The Morgan fingerprint density at radius 3 is 2.60 bits per heavy atom. The molecule has 1 aromatic heterocycles. The van der Waals surface area contributed by atoms with Crippen molar-refractivity contribution in [1.82, 2.24) is 9.97 Å². The zero-order chi connectivity index (χ0) is 14.5. The molecule has 0 fully saturated rings. The van der Waals surface area contributed by atoms with Crippen molar-refractivity contribution in [3.05, 3.63) is 41.1 Å². The van der Waals surface area contributed by atoms with Gasteiger partial charge in [-0.25, -0.2) is 9.97 Å². The van der Waals surface area contributed by atoms with Crippen LogP contribution in [0.5, 0.6) is 0 Å². The maximum Gasteiger partial charge on any atom is 0.223 e. The van der Waals surface area contributed by atoms with Crippen molar-refractivity contribution in [2.45, 2.75) is 44.0 Å². The summed E-state index contributed by atoms with van der Waals surface area (Å²) in [6, 6.07) is 8.53. The van der Waals surface area contributed by atoms with Crippen LogP contribution in [0.1, 0.15) is 30.2 Å². The standard InChI is InChI=1S/C16H21N3S/c1-5-8-17-16-18-13(4)10-15(19-16)20-14-7-6-11(2)9-12(14)3/h6-7,9-10H,5,8H2,1-4H3,(H,17,18,19). The van der Waals surface area contributed by atoms with Gasteiger partial charge in [0.1, 0.15) is 5.03 Å². The largest absolute Gasteiger partial charge is 0.354 e. The minimum absolute atomic E-state index is 0.721. The summed E-state index contributed by atoms with van der Waals surface area (Å²) < 4.78 is 0. The lowest BCUT2D eigenvalue weighted by molar-refractivity contribution is 0.924. The van der Waals surface area contributed by atoms with Gasteiger partial charge in [-0.1, -0.05) is 36.4 Å². The van der Waals surface area contributed by atoms with Crippen molar-refractivity contribution in [3.63, 3.8) is 0 Å². The van der Waals surface area contributed by atoms with E-state index in [9.17, 15) is 0 Å². The van der Waals surface area contributed by atoms with E-state index in [0.29, 0.717) is 0 Å². The van der Waals surface area contributed by atoms with E-state index >= 15 is 0 Å². The molecule has 1 N–H and O–H groups in total. The molecule has 0 amide bonds. The quantitative estimate of drug-likeness (QED) is 0.828. The molecule has 1 heterocycles. The lowest BCUT2D eigenvalue weighted by Crippen LogP contribution is -2.05. The first-order valence-corrected chi connectivity index (χ1v) is 7.75. The zero-order valence-corrected chi connectivity index (χ0v) is 13.3. The molecule has 20 heavy (non-hydrogen) atoms. The lowest BCUT2D eigenvalue weighted by Gasteiger charge is -2.09. The molecule has 0 bridgehead atoms. The number of hydrogen-bond acceptors (Lipinski definition) is 4.